The molecule has 0 radical (unpaired) electrons. The predicted molar refractivity (Wildman–Crippen MR) is 267 cm³/mol. The molecule has 6 aromatic carbocycles. The molecule has 0 aliphatic carbocycles. The maximum atomic E-state index is 13.4. The molecule has 0 atom stereocenters. The summed E-state index contributed by atoms with van der Waals surface area (Å²) in [5.74, 6) is -0.737. The molecule has 0 saturated carbocycles. The number of methoxy groups -OCH3 is 2. The smallest absolute Gasteiger partial charge is 0.296 e. The fourth-order valence-corrected chi connectivity index (χ4v) is 8.26. The van der Waals surface area contributed by atoms with Gasteiger partial charge in [-0.2, -0.15) is 0 Å². The van der Waals surface area contributed by atoms with E-state index in [9.17, 15) is 19.2 Å². The van der Waals surface area contributed by atoms with Crippen LogP contribution in [-0.2, 0) is 29.1 Å². The number of Topliss-reactive ketones (excluding diaryl/α,β-unsaturated/α-hetero) is 2. The lowest BCUT2D eigenvalue weighted by atomic mass is 10.1. The molecule has 13 heteroatoms. The maximum absolute atomic E-state index is 13.4. The molecule has 342 valence electrons. The average molecular weight is 938 g/mol. The molecule has 0 unspecified atom stereocenters. The second kappa shape index (κ2) is 21.3. The zero-order valence-corrected chi connectivity index (χ0v) is 39.6. The van der Waals surface area contributed by atoms with Gasteiger partial charge in [0.25, 0.3) is 23.4 Å². The number of amides is 2. The van der Waals surface area contributed by atoms with Crippen molar-refractivity contribution >= 4 is 79.8 Å². The Hall–Kier alpha value is -7.34. The molecule has 11 nitrogen and oxygen atoms in total. The van der Waals surface area contributed by atoms with Crippen LogP contribution < -0.4 is 24.8 Å². The summed E-state index contributed by atoms with van der Waals surface area (Å²) in [4.78, 5) is 52.7. The first-order valence-corrected chi connectivity index (χ1v) is 22.4. The molecule has 0 saturated heterocycles. The lowest BCUT2D eigenvalue weighted by Gasteiger charge is -2.10. The molecule has 2 aromatic heterocycles. The Kier molecular flexibility index (Phi) is 15.1. The van der Waals surface area contributed by atoms with Gasteiger partial charge in [-0.25, -0.2) is 0 Å². The first kappa shape index (κ1) is 47.6. The molecule has 0 aliphatic rings. The third kappa shape index (κ3) is 10.9. The molecule has 0 spiro atoms. The fourth-order valence-electron chi connectivity index (χ4n) is 8.00. The van der Waals surface area contributed by atoms with E-state index < -0.39 is 23.4 Å². The number of nitrogens with one attached hydrogen (secondary N) is 2. The van der Waals surface area contributed by atoms with E-state index in [1.54, 1.807) is 56.7 Å². The number of rotatable bonds is 15. The van der Waals surface area contributed by atoms with E-state index in [1.807, 2.05) is 128 Å². The summed E-state index contributed by atoms with van der Waals surface area (Å²) in [5.41, 5.74) is 8.07. The summed E-state index contributed by atoms with van der Waals surface area (Å²) in [6, 6.07) is 40.7. The lowest BCUT2D eigenvalue weighted by molar-refractivity contribution is -0.113. The standard InChI is InChI=1S/C27H25ClN2O4.C27H25ClN2O3/c1-4-34-22-7-5-6-20(14-22)29-27(32)26(31)25-17(2)30(16-18-8-10-19(28)11-9-18)24-13-12-21(33-3)15-23(24)25;1-4-18-6-5-7-21(14-18)29-27(32)26(31)25-17(2)30(16-19-8-10-20(28)11-9-19)24-13-12-22(33-3)15-23(24)25/h5-15H,4,16H2,1-3H3,(H,29,32);5-15H,4,16H2,1-3H3,(H,29,32). The average Bonchev–Trinajstić information content (AvgIpc) is 3.76. The van der Waals surface area contributed by atoms with Gasteiger partial charge >= 0.3 is 0 Å². The number of benzene rings is 6. The highest BCUT2D eigenvalue weighted by Gasteiger charge is 2.28. The quantitative estimate of drug-likeness (QED) is 0.0773. The third-order valence-electron chi connectivity index (χ3n) is 11.4. The third-order valence-corrected chi connectivity index (χ3v) is 11.9. The van der Waals surface area contributed by atoms with Crippen molar-refractivity contribution in [3.8, 4) is 17.2 Å². The van der Waals surface area contributed by atoms with Gasteiger partial charge in [0.15, 0.2) is 0 Å². The summed E-state index contributed by atoms with van der Waals surface area (Å²) >= 11 is 12.1. The number of fused-ring (bicyclic) bond motifs is 2. The molecule has 67 heavy (non-hydrogen) atoms. The van der Waals surface area contributed by atoms with E-state index >= 15 is 0 Å². The number of aromatic nitrogens is 2. The second-order valence-corrected chi connectivity index (χ2v) is 16.6. The minimum absolute atomic E-state index is 0.348. The van der Waals surface area contributed by atoms with Gasteiger partial charge in [0, 0.05) is 73.8 Å². The topological polar surface area (TPSA) is 130 Å². The van der Waals surface area contributed by atoms with E-state index in [0.29, 0.717) is 86.0 Å². The van der Waals surface area contributed by atoms with E-state index in [4.69, 9.17) is 37.4 Å². The van der Waals surface area contributed by atoms with Crippen molar-refractivity contribution in [1.29, 1.82) is 0 Å². The molecule has 8 rings (SSSR count). The summed E-state index contributed by atoms with van der Waals surface area (Å²) in [7, 11) is 3.14. The number of halogens is 2. The lowest BCUT2D eigenvalue weighted by Crippen LogP contribution is -2.23. The van der Waals surface area contributed by atoms with E-state index in [1.165, 1.54) is 0 Å². The van der Waals surface area contributed by atoms with Crippen molar-refractivity contribution in [3.05, 3.63) is 183 Å². The summed E-state index contributed by atoms with van der Waals surface area (Å²) in [5, 5.41) is 8.12. The zero-order valence-electron chi connectivity index (χ0n) is 38.0. The Labute approximate surface area is 399 Å². The second-order valence-electron chi connectivity index (χ2n) is 15.7. The van der Waals surface area contributed by atoms with E-state index in [-0.39, 0.29) is 0 Å². The first-order chi connectivity index (χ1) is 32.3. The Bertz CT molecular complexity index is 3120. The number of hydrogen-bond donors (Lipinski definition) is 2. The normalized spacial score (nSPS) is 10.9. The van der Waals surface area contributed by atoms with Crippen molar-refractivity contribution in [2.45, 2.75) is 47.2 Å². The van der Waals surface area contributed by atoms with Crippen molar-refractivity contribution in [2.24, 2.45) is 0 Å². The van der Waals surface area contributed by atoms with Gasteiger partial charge in [-0.1, -0.05) is 72.6 Å². The minimum atomic E-state index is -0.717. The van der Waals surface area contributed by atoms with Crippen molar-refractivity contribution in [1.82, 2.24) is 9.13 Å². The number of ether oxygens (including phenoxy) is 3. The van der Waals surface area contributed by atoms with Gasteiger partial charge in [-0.15, -0.1) is 0 Å². The first-order valence-electron chi connectivity index (χ1n) is 21.7. The van der Waals surface area contributed by atoms with E-state index in [2.05, 4.69) is 10.6 Å². The van der Waals surface area contributed by atoms with Crippen LogP contribution in [0.15, 0.2) is 133 Å². The molecule has 0 fully saturated rings. The zero-order chi connectivity index (χ0) is 47.8. The Morgan fingerprint density at radius 1 is 0.522 bits per heavy atom. The summed E-state index contributed by atoms with van der Waals surface area (Å²) in [6.45, 7) is 9.20. The molecule has 2 N–H and O–H groups in total. The van der Waals surface area contributed by atoms with Crippen molar-refractivity contribution in [2.75, 3.05) is 31.5 Å². The van der Waals surface area contributed by atoms with Gasteiger partial charge in [0.1, 0.15) is 17.2 Å². The SMILES string of the molecule is CCOc1cccc(NC(=O)C(=O)c2c(C)n(Cc3ccc(Cl)cc3)c3ccc(OC)cc23)c1.CCc1cccc(NC(=O)C(=O)c2c(C)n(Cc3ccc(Cl)cc3)c3ccc(OC)cc23)c1. The fraction of sp³-hybridized carbons (Fsp3) is 0.185. The Balaban J connectivity index is 0.000000199. The number of nitrogens with zero attached hydrogens (tertiary/aromatic N) is 2. The highest BCUT2D eigenvalue weighted by molar-refractivity contribution is 6.49. The van der Waals surface area contributed by atoms with Crippen LogP contribution in [0.3, 0.4) is 0 Å². The van der Waals surface area contributed by atoms with Crippen LogP contribution >= 0.6 is 23.2 Å². The summed E-state index contributed by atoms with van der Waals surface area (Å²) in [6.07, 6.45) is 0.842. The molecule has 0 bridgehead atoms. The molecule has 2 amide bonds. The van der Waals surface area contributed by atoms with Gasteiger partial charge < -0.3 is 34.0 Å². The van der Waals surface area contributed by atoms with Crippen molar-refractivity contribution < 1.29 is 33.4 Å². The maximum Gasteiger partial charge on any atom is 0.296 e. The Morgan fingerprint density at radius 3 is 1.40 bits per heavy atom. The predicted octanol–water partition coefficient (Wildman–Crippen LogP) is 11.9. The van der Waals surface area contributed by atoms with E-state index in [0.717, 1.165) is 39.8 Å². The van der Waals surface area contributed by atoms with Crippen LogP contribution in [0.2, 0.25) is 10.0 Å². The number of aryl methyl sites for hydroxylation is 1. The van der Waals surface area contributed by atoms with Crippen LogP contribution in [0.1, 0.15) is 62.6 Å². The molecular formula is C54H50Cl2N4O7. The van der Waals surface area contributed by atoms with Gasteiger partial charge in [-0.05, 0) is 129 Å². The molecule has 0 aliphatic heterocycles. The largest absolute Gasteiger partial charge is 0.497 e. The number of carbonyl (C=O) groups excluding carboxylic acids is 4. The van der Waals surface area contributed by atoms with Crippen LogP contribution in [-0.4, -0.2) is 53.3 Å². The van der Waals surface area contributed by atoms with Gasteiger partial charge in [0.2, 0.25) is 0 Å². The molecule has 2 heterocycles. The highest BCUT2D eigenvalue weighted by Crippen LogP contribution is 2.33. The van der Waals surface area contributed by atoms with Crippen LogP contribution in [0, 0.1) is 13.8 Å². The highest BCUT2D eigenvalue weighted by atomic mass is 35.5. The number of ketones is 2. The molecule has 8 aromatic rings. The van der Waals surface area contributed by atoms with Crippen LogP contribution in [0.5, 0.6) is 17.2 Å². The molecular weight excluding hydrogens is 888 g/mol. The number of anilines is 2. The van der Waals surface area contributed by atoms with Crippen molar-refractivity contribution in [3.63, 3.8) is 0 Å². The van der Waals surface area contributed by atoms with Gasteiger partial charge in [-0.3, -0.25) is 19.2 Å². The number of carbonyl (C=O) groups is 4. The van der Waals surface area contributed by atoms with Gasteiger partial charge in [0.05, 0.1) is 32.0 Å². The minimum Gasteiger partial charge on any atom is -0.497 e. The summed E-state index contributed by atoms with van der Waals surface area (Å²) < 4.78 is 20.3. The monoisotopic (exact) mass is 936 g/mol. The number of hydrogen-bond acceptors (Lipinski definition) is 7. The van der Waals surface area contributed by atoms with Crippen LogP contribution in [0.4, 0.5) is 11.4 Å². The Morgan fingerprint density at radius 2 is 0.970 bits per heavy atom. The van der Waals surface area contributed by atoms with Crippen LogP contribution in [0.25, 0.3) is 21.8 Å².